The summed E-state index contributed by atoms with van der Waals surface area (Å²) in [5.41, 5.74) is 1.75. The number of aliphatic carboxylic acids is 1. The highest BCUT2D eigenvalue weighted by Crippen LogP contribution is 2.21. The Morgan fingerprint density at radius 2 is 1.72 bits per heavy atom. The van der Waals surface area contributed by atoms with E-state index in [0.29, 0.717) is 30.5 Å². The zero-order chi connectivity index (χ0) is 25.3. The summed E-state index contributed by atoms with van der Waals surface area (Å²) in [5, 5.41) is 14.1. The third-order valence-corrected chi connectivity index (χ3v) is 6.35. The fourth-order valence-electron chi connectivity index (χ4n) is 3.36. The minimum absolute atomic E-state index is 0.0721. The number of thiazole rings is 1. The lowest BCUT2D eigenvalue weighted by Crippen LogP contribution is -2.37. The number of para-hydroxylation sites is 1. The molecule has 0 radical (unpaired) electrons. The summed E-state index contributed by atoms with van der Waals surface area (Å²) in [5.74, 6) is -0.185. The van der Waals surface area contributed by atoms with E-state index in [1.807, 2.05) is 18.2 Å². The molecule has 0 aliphatic rings. The molecule has 0 aliphatic carbocycles. The van der Waals surface area contributed by atoms with Gasteiger partial charge < -0.3 is 19.9 Å². The van der Waals surface area contributed by atoms with Gasteiger partial charge in [0.2, 0.25) is 0 Å². The molecule has 0 atom stereocenters. The number of aromatic nitrogens is 1. The topological polar surface area (TPSA) is 101 Å². The van der Waals surface area contributed by atoms with Crippen LogP contribution in [0.25, 0.3) is 10.2 Å². The number of hydrogen-bond donors (Lipinski definition) is 2. The number of carbonyl (C=O) groups is 2. The second-order valence-corrected chi connectivity index (χ2v) is 9.37. The zero-order valence-electron chi connectivity index (χ0n) is 19.2. The Bertz CT molecular complexity index is 1280. The van der Waals surface area contributed by atoms with E-state index in [0.717, 1.165) is 21.0 Å². The van der Waals surface area contributed by atoms with Crippen molar-refractivity contribution in [3.8, 4) is 11.5 Å². The van der Waals surface area contributed by atoms with Gasteiger partial charge >= 0.3 is 12.1 Å². The lowest BCUT2D eigenvalue weighted by molar-refractivity contribution is -0.138. The number of carboxylic acids is 1. The monoisotopic (exact) mass is 525 g/mol. The molecule has 0 saturated carbocycles. The van der Waals surface area contributed by atoms with Crippen molar-refractivity contribution < 1.29 is 24.2 Å². The molecule has 1 amide bonds. The van der Waals surface area contributed by atoms with Crippen LogP contribution >= 0.6 is 22.9 Å². The Morgan fingerprint density at radius 3 is 2.44 bits per heavy atom. The second kappa shape index (κ2) is 12.3. The Kier molecular flexibility index (Phi) is 8.72. The quantitative estimate of drug-likeness (QED) is 0.259. The van der Waals surface area contributed by atoms with Crippen LogP contribution in [0, 0.1) is 0 Å². The fourth-order valence-corrected chi connectivity index (χ4v) is 4.42. The highest BCUT2D eigenvalue weighted by molar-refractivity contribution is 7.18. The average Bonchev–Trinajstić information content (AvgIpc) is 3.28. The summed E-state index contributed by atoms with van der Waals surface area (Å²) in [7, 11) is 0. The number of nitrogens with zero attached hydrogens (tertiary/aromatic N) is 2. The third-order valence-electron chi connectivity index (χ3n) is 5.06. The van der Waals surface area contributed by atoms with Gasteiger partial charge in [-0.1, -0.05) is 35.9 Å². The number of nitrogens with one attached hydrogen (secondary N) is 1. The Balaban J connectivity index is 1.24. The molecule has 0 aliphatic heterocycles. The summed E-state index contributed by atoms with van der Waals surface area (Å²) in [4.78, 5) is 29.5. The number of fused-ring (bicyclic) bond motifs is 1. The number of carboxylic acid groups (broad SMARTS) is 1. The summed E-state index contributed by atoms with van der Waals surface area (Å²) in [6, 6.07) is 21.4. The Labute approximate surface area is 217 Å². The van der Waals surface area contributed by atoms with Crippen molar-refractivity contribution in [2.24, 2.45) is 0 Å². The molecule has 0 fully saturated rings. The van der Waals surface area contributed by atoms with E-state index in [9.17, 15) is 14.7 Å². The Hall–Kier alpha value is -3.66. The first-order valence-electron chi connectivity index (χ1n) is 11.2. The molecule has 10 heteroatoms. The minimum atomic E-state index is -1.14. The van der Waals surface area contributed by atoms with Crippen LogP contribution in [0.2, 0.25) is 5.02 Å². The van der Waals surface area contributed by atoms with Crippen molar-refractivity contribution in [2.45, 2.75) is 13.1 Å². The highest BCUT2D eigenvalue weighted by Gasteiger charge is 2.19. The van der Waals surface area contributed by atoms with Gasteiger partial charge in [0.15, 0.2) is 0 Å². The number of amides is 1. The number of carbonyl (C=O) groups excluding carboxylic acids is 1. The normalized spacial score (nSPS) is 10.8. The van der Waals surface area contributed by atoms with Crippen LogP contribution in [0.4, 0.5) is 4.79 Å². The number of halogens is 1. The van der Waals surface area contributed by atoms with Gasteiger partial charge in [0.05, 0.1) is 10.2 Å². The predicted molar refractivity (Wildman–Crippen MR) is 139 cm³/mol. The molecule has 1 aromatic heterocycles. The van der Waals surface area contributed by atoms with E-state index in [4.69, 9.17) is 21.1 Å². The molecule has 0 bridgehead atoms. The predicted octanol–water partition coefficient (Wildman–Crippen LogP) is 5.20. The first-order valence-corrected chi connectivity index (χ1v) is 12.4. The number of hydrogen-bond acceptors (Lipinski definition) is 7. The minimum Gasteiger partial charge on any atom is -0.492 e. The lowest BCUT2D eigenvalue weighted by Gasteiger charge is -2.20. The second-order valence-electron chi connectivity index (χ2n) is 7.82. The van der Waals surface area contributed by atoms with E-state index in [1.54, 1.807) is 59.9 Å². The molecule has 3 aromatic carbocycles. The maximum Gasteiger partial charge on any atom is 0.416 e. The average molecular weight is 526 g/mol. The van der Waals surface area contributed by atoms with Crippen LogP contribution < -0.4 is 14.8 Å². The van der Waals surface area contributed by atoms with Gasteiger partial charge in [-0.05, 0) is 54.1 Å². The molecule has 0 saturated heterocycles. The highest BCUT2D eigenvalue weighted by atomic mass is 35.5. The molecule has 4 aromatic rings. The van der Waals surface area contributed by atoms with Gasteiger partial charge in [0.1, 0.15) is 29.7 Å². The molecule has 2 N–H and O–H groups in total. The Morgan fingerprint density at radius 1 is 1.00 bits per heavy atom. The van der Waals surface area contributed by atoms with Crippen LogP contribution in [-0.2, 0) is 17.9 Å². The molecular formula is C26H24ClN3O5S. The van der Waals surface area contributed by atoms with Crippen molar-refractivity contribution in [1.29, 1.82) is 0 Å². The smallest absolute Gasteiger partial charge is 0.416 e. The van der Waals surface area contributed by atoms with E-state index in [1.165, 1.54) is 4.70 Å². The van der Waals surface area contributed by atoms with Gasteiger partial charge in [-0.2, -0.15) is 0 Å². The molecule has 4 rings (SSSR count). The molecule has 186 valence electrons. The van der Waals surface area contributed by atoms with Crippen LogP contribution in [0.5, 0.6) is 11.5 Å². The van der Waals surface area contributed by atoms with Gasteiger partial charge in [0, 0.05) is 24.7 Å². The van der Waals surface area contributed by atoms with Crippen LogP contribution in [0.15, 0.2) is 72.8 Å². The van der Waals surface area contributed by atoms with E-state index < -0.39 is 18.6 Å². The number of benzene rings is 3. The lowest BCUT2D eigenvalue weighted by atomic mass is 10.2. The SMILES string of the molecule is O=C(O)CN(Cc1ccc(OCCNCc2nc3ccccc3s2)cc1)C(=O)Oc1ccc(Cl)cc1. The maximum absolute atomic E-state index is 12.5. The first-order chi connectivity index (χ1) is 17.5. The van der Waals surface area contributed by atoms with Gasteiger partial charge in [-0.15, -0.1) is 11.3 Å². The summed E-state index contributed by atoms with van der Waals surface area (Å²) in [6.45, 7) is 1.38. The molecule has 1 heterocycles. The number of rotatable bonds is 11. The van der Waals surface area contributed by atoms with Crippen LogP contribution in [-0.4, -0.2) is 46.7 Å². The summed E-state index contributed by atoms with van der Waals surface area (Å²) >= 11 is 7.51. The van der Waals surface area contributed by atoms with Gasteiger partial charge in [-0.25, -0.2) is 9.78 Å². The largest absolute Gasteiger partial charge is 0.492 e. The zero-order valence-corrected chi connectivity index (χ0v) is 20.8. The van der Waals surface area contributed by atoms with Gasteiger partial charge in [-0.3, -0.25) is 9.69 Å². The van der Waals surface area contributed by atoms with E-state index in [2.05, 4.69) is 16.4 Å². The van der Waals surface area contributed by atoms with Crippen molar-refractivity contribution in [3.63, 3.8) is 0 Å². The van der Waals surface area contributed by atoms with E-state index >= 15 is 0 Å². The first kappa shape index (κ1) is 25.4. The molecule has 0 spiro atoms. The summed E-state index contributed by atoms with van der Waals surface area (Å²) < 4.78 is 12.2. The standard InChI is InChI=1S/C26H24ClN3O5S/c27-19-7-11-21(12-8-19)35-26(33)30(17-25(31)32)16-18-5-9-20(10-6-18)34-14-13-28-15-24-29-22-3-1-2-4-23(22)36-24/h1-12,28H,13-17H2,(H,31,32). The van der Waals surface area contributed by atoms with Crippen molar-refractivity contribution >= 4 is 45.2 Å². The summed E-state index contributed by atoms with van der Waals surface area (Å²) in [6.07, 6.45) is -0.765. The molecular weight excluding hydrogens is 502 g/mol. The van der Waals surface area contributed by atoms with Crippen LogP contribution in [0.3, 0.4) is 0 Å². The van der Waals surface area contributed by atoms with Gasteiger partial charge in [0.25, 0.3) is 0 Å². The third kappa shape index (κ3) is 7.42. The number of ether oxygens (including phenoxy) is 2. The molecule has 36 heavy (non-hydrogen) atoms. The molecule has 0 unspecified atom stereocenters. The van der Waals surface area contributed by atoms with Crippen LogP contribution in [0.1, 0.15) is 10.6 Å². The van der Waals surface area contributed by atoms with E-state index in [-0.39, 0.29) is 12.3 Å². The maximum atomic E-state index is 12.5. The fraction of sp³-hybridized carbons (Fsp3) is 0.192. The molecule has 8 nitrogen and oxygen atoms in total. The van der Waals surface area contributed by atoms with Crippen molar-refractivity contribution in [2.75, 3.05) is 19.7 Å². The van der Waals surface area contributed by atoms with Crippen molar-refractivity contribution in [3.05, 3.63) is 88.4 Å². The van der Waals surface area contributed by atoms with Crippen molar-refractivity contribution in [1.82, 2.24) is 15.2 Å².